The van der Waals surface area contributed by atoms with Crippen LogP contribution in [0.2, 0.25) is 0 Å². The maximum absolute atomic E-state index is 9.81. The molecule has 0 aromatic heterocycles. The largest absolute Gasteiger partial charge is 2.00 e. The van der Waals surface area contributed by atoms with Gasteiger partial charge < -0.3 is 15.9 Å². The first-order valence-corrected chi connectivity index (χ1v) is 1.82. The molecule has 0 aliphatic rings. The van der Waals surface area contributed by atoms with E-state index in [1.165, 1.54) is 13.8 Å². The first-order chi connectivity index (χ1) is 3.13. The number of hydrogen-bond donors (Lipinski definition) is 0. The summed E-state index contributed by atoms with van der Waals surface area (Å²) >= 11 is 0. The fraction of sp³-hybridized carbons (Fsp3) is 0.500. The van der Waals surface area contributed by atoms with Crippen molar-refractivity contribution in [3.05, 3.63) is 0 Å². The SMILES string of the molecule is CC(=O)OC(C)=O.O.[Ca+2].[Ca+2].[H-].[H-].[H-].[H-]. The van der Waals surface area contributed by atoms with E-state index in [0.717, 1.165) is 0 Å². The summed E-state index contributed by atoms with van der Waals surface area (Å²) in [5.41, 5.74) is 0. The first-order valence-electron chi connectivity index (χ1n) is 1.82. The summed E-state index contributed by atoms with van der Waals surface area (Å²) in [5, 5.41) is 0. The first kappa shape index (κ1) is 22.6. The molecule has 2 N–H and O–H groups in total. The van der Waals surface area contributed by atoms with E-state index in [2.05, 4.69) is 4.74 Å². The zero-order chi connectivity index (χ0) is 5.86. The molecule has 0 aromatic rings. The molecule has 0 unspecified atom stereocenters. The van der Waals surface area contributed by atoms with Crippen LogP contribution in [0.15, 0.2) is 0 Å². The van der Waals surface area contributed by atoms with Gasteiger partial charge in [0.15, 0.2) is 0 Å². The van der Waals surface area contributed by atoms with Gasteiger partial charge in [0.25, 0.3) is 0 Å². The van der Waals surface area contributed by atoms with Gasteiger partial charge in [0, 0.05) is 13.8 Å². The molecule has 0 bridgehead atoms. The smallest absolute Gasteiger partial charge is 1.00 e. The second-order valence-electron chi connectivity index (χ2n) is 1.09. The fourth-order valence-corrected chi connectivity index (χ4v) is 0.202. The summed E-state index contributed by atoms with van der Waals surface area (Å²) in [6.07, 6.45) is 0. The van der Waals surface area contributed by atoms with Crippen molar-refractivity contribution in [3.8, 4) is 0 Å². The van der Waals surface area contributed by atoms with Crippen molar-refractivity contribution in [1.82, 2.24) is 0 Å². The van der Waals surface area contributed by atoms with Crippen molar-refractivity contribution < 1.29 is 25.5 Å². The van der Waals surface area contributed by atoms with E-state index in [0.29, 0.717) is 0 Å². The van der Waals surface area contributed by atoms with Crippen molar-refractivity contribution in [2.24, 2.45) is 0 Å². The Labute approximate surface area is 125 Å². The molecule has 0 amide bonds. The maximum Gasteiger partial charge on any atom is 2.00 e. The standard InChI is InChI=1S/C4H6O3.2Ca.H2O.4H/c1-3(5)7-4(2)6;;;;;;;/h1-2H3;;;1H2;;;;/q;2*+2;;4*-1. The van der Waals surface area contributed by atoms with Gasteiger partial charge in [-0.05, 0) is 0 Å². The third-order valence-electron chi connectivity index (χ3n) is 0.287. The molecule has 4 nitrogen and oxygen atoms in total. The van der Waals surface area contributed by atoms with E-state index in [-0.39, 0.29) is 86.7 Å². The van der Waals surface area contributed by atoms with Crippen LogP contribution in [0.3, 0.4) is 0 Å². The molecule has 0 spiro atoms. The summed E-state index contributed by atoms with van der Waals surface area (Å²) in [4.78, 5) is 19.6. The molecule has 0 fully saturated rings. The van der Waals surface area contributed by atoms with Gasteiger partial charge in [0.05, 0.1) is 0 Å². The predicted molar refractivity (Wildman–Crippen MR) is 42.0 cm³/mol. The van der Waals surface area contributed by atoms with Crippen molar-refractivity contribution in [2.45, 2.75) is 13.8 Å². The monoisotopic (exact) mass is 204 g/mol. The summed E-state index contributed by atoms with van der Waals surface area (Å²) in [6, 6.07) is 0. The molecule has 0 rings (SSSR count). The maximum atomic E-state index is 9.81. The Hall–Kier alpha value is 1.62. The van der Waals surface area contributed by atoms with Crippen LogP contribution < -0.4 is 0 Å². The van der Waals surface area contributed by atoms with E-state index in [1.807, 2.05) is 0 Å². The van der Waals surface area contributed by atoms with Crippen molar-refractivity contribution in [3.63, 3.8) is 0 Å². The third kappa shape index (κ3) is 22.6. The van der Waals surface area contributed by atoms with Gasteiger partial charge >= 0.3 is 87.4 Å². The summed E-state index contributed by atoms with van der Waals surface area (Å²) in [5.74, 6) is -1.12. The minimum atomic E-state index is -0.562. The molecule has 0 aliphatic carbocycles. The Kier molecular flexibility index (Phi) is 29.9. The Morgan fingerprint density at radius 3 is 1.30 bits per heavy atom. The van der Waals surface area contributed by atoms with Gasteiger partial charge in [0.2, 0.25) is 0 Å². The van der Waals surface area contributed by atoms with E-state index in [1.54, 1.807) is 0 Å². The molecule has 0 heterocycles. The second kappa shape index (κ2) is 13.2. The average molecular weight is 204 g/mol. The molecular weight excluding hydrogens is 192 g/mol. The Bertz CT molecular complexity index is 104. The Morgan fingerprint density at radius 2 is 1.30 bits per heavy atom. The van der Waals surface area contributed by atoms with Gasteiger partial charge in [-0.15, -0.1) is 0 Å². The van der Waals surface area contributed by atoms with Crippen LogP contribution in [-0.2, 0) is 14.3 Å². The van der Waals surface area contributed by atoms with Gasteiger partial charge in [-0.25, -0.2) is 0 Å². The topological polar surface area (TPSA) is 74.9 Å². The van der Waals surface area contributed by atoms with Gasteiger partial charge in [-0.1, -0.05) is 0 Å². The number of ether oxygens (including phenoxy) is 1. The van der Waals surface area contributed by atoms with Crippen molar-refractivity contribution in [2.75, 3.05) is 0 Å². The minimum Gasteiger partial charge on any atom is -1.00 e. The van der Waals surface area contributed by atoms with E-state index < -0.39 is 11.9 Å². The Morgan fingerprint density at radius 1 is 1.10 bits per heavy atom. The van der Waals surface area contributed by atoms with E-state index in [9.17, 15) is 9.59 Å². The molecule has 10 heavy (non-hydrogen) atoms. The van der Waals surface area contributed by atoms with Gasteiger partial charge in [-0.2, -0.15) is 0 Å². The van der Waals surface area contributed by atoms with E-state index in [4.69, 9.17) is 0 Å². The van der Waals surface area contributed by atoms with Crippen molar-refractivity contribution >= 4 is 87.4 Å². The summed E-state index contributed by atoms with van der Waals surface area (Å²) in [6.45, 7) is 2.36. The van der Waals surface area contributed by atoms with Crippen molar-refractivity contribution in [1.29, 1.82) is 0 Å². The second-order valence-corrected chi connectivity index (χ2v) is 1.09. The number of hydrogen-bond acceptors (Lipinski definition) is 3. The van der Waals surface area contributed by atoms with Crippen LogP contribution in [0.1, 0.15) is 19.6 Å². The quantitative estimate of drug-likeness (QED) is 0.287. The van der Waals surface area contributed by atoms with Crippen LogP contribution in [0.25, 0.3) is 0 Å². The Balaban J connectivity index is -0.00000000857. The predicted octanol–water partition coefficient (Wildman–Crippen LogP) is -1.04. The molecule has 0 saturated carbocycles. The number of carbonyl (C=O) groups is 2. The van der Waals surface area contributed by atoms with Gasteiger partial charge in [0.1, 0.15) is 0 Å². The molecular formula is C4H12Ca2O4. The average Bonchev–Trinajstić information content (AvgIpc) is 1.27. The van der Waals surface area contributed by atoms with Crippen LogP contribution in [0, 0.1) is 0 Å². The molecule has 0 radical (unpaired) electrons. The molecule has 0 saturated heterocycles. The number of rotatable bonds is 0. The van der Waals surface area contributed by atoms with Crippen LogP contribution in [-0.4, -0.2) is 92.9 Å². The number of carbonyl (C=O) groups excluding carboxylic acids is 2. The molecule has 0 aromatic carbocycles. The zero-order valence-corrected chi connectivity index (χ0v) is 10.6. The normalized spacial score (nSPS) is 5.40. The zero-order valence-electron chi connectivity index (χ0n) is 10.1. The summed E-state index contributed by atoms with van der Waals surface area (Å²) < 4.78 is 3.97. The summed E-state index contributed by atoms with van der Waals surface area (Å²) in [7, 11) is 0. The van der Waals surface area contributed by atoms with E-state index >= 15 is 0 Å². The molecule has 0 aliphatic heterocycles. The number of esters is 2. The van der Waals surface area contributed by atoms with Crippen LogP contribution in [0.4, 0.5) is 0 Å². The minimum absolute atomic E-state index is 0. The van der Waals surface area contributed by atoms with Gasteiger partial charge in [-0.3, -0.25) is 9.59 Å². The third-order valence-corrected chi connectivity index (χ3v) is 0.287. The molecule has 0 atom stereocenters. The van der Waals surface area contributed by atoms with Crippen LogP contribution in [0.5, 0.6) is 0 Å². The van der Waals surface area contributed by atoms with Crippen LogP contribution >= 0.6 is 0 Å². The molecule has 56 valence electrons. The molecule has 6 heteroatoms. The fourth-order valence-electron chi connectivity index (χ4n) is 0.202.